The average molecular weight is 391 g/mol. The number of aryl methyl sites for hydroxylation is 1. The van der Waals surface area contributed by atoms with Gasteiger partial charge < -0.3 is 5.32 Å². The van der Waals surface area contributed by atoms with E-state index in [0.717, 1.165) is 10.1 Å². The molecule has 6 nitrogen and oxygen atoms in total. The largest absolute Gasteiger partial charge is 0.325 e. The van der Waals surface area contributed by atoms with Crippen molar-refractivity contribution in [1.29, 1.82) is 0 Å². The van der Waals surface area contributed by atoms with Crippen LogP contribution in [-0.2, 0) is 11.3 Å². The first-order valence-corrected chi connectivity index (χ1v) is 9.55. The molecule has 0 fully saturated rings. The van der Waals surface area contributed by atoms with Crippen LogP contribution in [0.1, 0.15) is 23.1 Å². The van der Waals surface area contributed by atoms with E-state index < -0.39 is 0 Å². The zero-order valence-electron chi connectivity index (χ0n) is 15.4. The van der Waals surface area contributed by atoms with Crippen LogP contribution < -0.4 is 10.9 Å². The fourth-order valence-electron chi connectivity index (χ4n) is 3.13. The van der Waals surface area contributed by atoms with Gasteiger partial charge in [-0.15, -0.1) is 11.3 Å². The maximum absolute atomic E-state index is 13.0. The normalized spacial score (nSPS) is 11.1. The van der Waals surface area contributed by atoms with Crippen LogP contribution in [-0.4, -0.2) is 21.2 Å². The van der Waals surface area contributed by atoms with Crippen molar-refractivity contribution in [2.75, 3.05) is 5.32 Å². The number of hydrogen-bond donors (Lipinski definition) is 1. The molecule has 2 heterocycles. The molecule has 4 rings (SSSR count). The number of nitrogens with one attached hydrogen (secondary N) is 1. The fraction of sp³-hybridized carbons (Fsp3) is 0.143. The predicted molar refractivity (Wildman–Crippen MR) is 111 cm³/mol. The minimum Gasteiger partial charge on any atom is -0.325 e. The van der Waals surface area contributed by atoms with Crippen molar-refractivity contribution in [2.24, 2.45) is 0 Å². The zero-order valence-corrected chi connectivity index (χ0v) is 16.2. The minimum atomic E-state index is -0.354. The van der Waals surface area contributed by atoms with E-state index in [0.29, 0.717) is 27.3 Å². The van der Waals surface area contributed by atoms with Crippen LogP contribution in [0.4, 0.5) is 5.69 Å². The highest BCUT2D eigenvalue weighted by Crippen LogP contribution is 2.30. The van der Waals surface area contributed by atoms with Gasteiger partial charge in [0, 0.05) is 21.3 Å². The second-order valence-electron chi connectivity index (χ2n) is 6.51. The van der Waals surface area contributed by atoms with E-state index in [2.05, 4.69) is 10.3 Å². The lowest BCUT2D eigenvalue weighted by molar-refractivity contribution is -0.116. The smallest absolute Gasteiger partial charge is 0.272 e. The molecule has 0 aliphatic rings. The topological polar surface area (TPSA) is 81.1 Å². The molecule has 0 saturated heterocycles. The SMILES string of the molecule is CC(=O)c1cccc(NC(=O)Cn2c(C)nc3c(sc4ccccc43)c2=O)c1. The summed E-state index contributed by atoms with van der Waals surface area (Å²) in [6.45, 7) is 3.04. The second kappa shape index (κ2) is 7.01. The van der Waals surface area contributed by atoms with Gasteiger partial charge in [-0.05, 0) is 32.0 Å². The van der Waals surface area contributed by atoms with Crippen molar-refractivity contribution in [2.45, 2.75) is 20.4 Å². The number of thiophene rings is 1. The van der Waals surface area contributed by atoms with E-state index in [1.807, 2.05) is 24.3 Å². The molecule has 1 N–H and O–H groups in total. The van der Waals surface area contributed by atoms with E-state index in [4.69, 9.17) is 0 Å². The monoisotopic (exact) mass is 391 g/mol. The predicted octanol–water partition coefficient (Wildman–Crippen LogP) is 3.76. The standard InChI is InChI=1S/C21H17N3O3S/c1-12(25)14-6-5-7-15(10-14)23-18(26)11-24-13(2)22-19-16-8-3-4-9-17(16)28-20(19)21(24)27/h3-10H,11H2,1-2H3,(H,23,26). The summed E-state index contributed by atoms with van der Waals surface area (Å²) in [5.74, 6) is 0.0458. The molecular weight excluding hydrogens is 374 g/mol. The number of aromatic nitrogens is 2. The number of hydrogen-bond acceptors (Lipinski definition) is 5. The van der Waals surface area contributed by atoms with Crippen LogP contribution in [0.3, 0.4) is 0 Å². The van der Waals surface area contributed by atoms with Gasteiger partial charge in [-0.3, -0.25) is 19.0 Å². The maximum Gasteiger partial charge on any atom is 0.272 e. The third-order valence-corrected chi connectivity index (χ3v) is 5.68. The van der Waals surface area contributed by atoms with E-state index >= 15 is 0 Å². The van der Waals surface area contributed by atoms with Crippen molar-refractivity contribution < 1.29 is 9.59 Å². The zero-order chi connectivity index (χ0) is 19.8. The molecule has 2 aromatic heterocycles. The summed E-state index contributed by atoms with van der Waals surface area (Å²) in [4.78, 5) is 41.5. The van der Waals surface area contributed by atoms with Gasteiger partial charge >= 0.3 is 0 Å². The molecule has 0 radical (unpaired) electrons. The number of ketones is 1. The Morgan fingerprint density at radius 3 is 2.71 bits per heavy atom. The molecule has 0 atom stereocenters. The highest BCUT2D eigenvalue weighted by Gasteiger charge is 2.16. The molecule has 28 heavy (non-hydrogen) atoms. The van der Waals surface area contributed by atoms with Crippen molar-refractivity contribution >= 4 is 49.0 Å². The minimum absolute atomic E-state index is 0.0809. The molecule has 0 unspecified atom stereocenters. The first-order chi connectivity index (χ1) is 13.4. The number of amides is 1. The van der Waals surface area contributed by atoms with Gasteiger partial charge in [-0.2, -0.15) is 0 Å². The van der Waals surface area contributed by atoms with Gasteiger partial charge in [0.25, 0.3) is 5.56 Å². The Hall–Kier alpha value is -3.32. The molecule has 7 heteroatoms. The lowest BCUT2D eigenvalue weighted by Crippen LogP contribution is -2.29. The summed E-state index contributed by atoms with van der Waals surface area (Å²) in [6, 6.07) is 14.4. The average Bonchev–Trinajstić information content (AvgIpc) is 3.04. The third kappa shape index (κ3) is 3.20. The Kier molecular flexibility index (Phi) is 4.52. The van der Waals surface area contributed by atoms with Gasteiger partial charge in [-0.1, -0.05) is 30.3 Å². The van der Waals surface area contributed by atoms with Gasteiger partial charge in [0.1, 0.15) is 17.1 Å². The summed E-state index contributed by atoms with van der Waals surface area (Å²) < 4.78 is 2.91. The quantitative estimate of drug-likeness (QED) is 0.537. The van der Waals surface area contributed by atoms with E-state index in [1.165, 1.54) is 22.8 Å². The summed E-state index contributed by atoms with van der Waals surface area (Å²) >= 11 is 1.38. The molecule has 0 aliphatic heterocycles. The highest BCUT2D eigenvalue weighted by molar-refractivity contribution is 7.25. The van der Waals surface area contributed by atoms with Gasteiger partial charge in [0.2, 0.25) is 5.91 Å². The molecule has 0 aliphatic carbocycles. The van der Waals surface area contributed by atoms with Crippen LogP contribution in [0, 0.1) is 6.92 Å². The van der Waals surface area contributed by atoms with Crippen molar-refractivity contribution in [3.8, 4) is 0 Å². The van der Waals surface area contributed by atoms with Gasteiger partial charge in [0.15, 0.2) is 5.78 Å². The molecule has 0 bridgehead atoms. The number of nitrogens with zero attached hydrogens (tertiary/aromatic N) is 2. The van der Waals surface area contributed by atoms with Crippen molar-refractivity contribution in [3.05, 3.63) is 70.3 Å². The molecule has 1 amide bonds. The van der Waals surface area contributed by atoms with E-state index in [9.17, 15) is 14.4 Å². The summed E-state index contributed by atoms with van der Waals surface area (Å²) in [6.07, 6.45) is 0. The van der Waals surface area contributed by atoms with E-state index in [-0.39, 0.29) is 23.8 Å². The van der Waals surface area contributed by atoms with Crippen LogP contribution in [0.15, 0.2) is 53.3 Å². The summed E-state index contributed by atoms with van der Waals surface area (Å²) in [5.41, 5.74) is 1.48. The third-order valence-electron chi connectivity index (χ3n) is 4.53. The molecule has 0 saturated carbocycles. The Morgan fingerprint density at radius 1 is 1.14 bits per heavy atom. The lowest BCUT2D eigenvalue weighted by atomic mass is 10.1. The van der Waals surface area contributed by atoms with Crippen LogP contribution >= 0.6 is 11.3 Å². The first-order valence-electron chi connectivity index (χ1n) is 8.73. The second-order valence-corrected chi connectivity index (χ2v) is 7.56. The van der Waals surface area contributed by atoms with Gasteiger partial charge in [-0.25, -0.2) is 4.98 Å². The fourth-order valence-corrected chi connectivity index (χ4v) is 4.22. The van der Waals surface area contributed by atoms with E-state index in [1.54, 1.807) is 31.2 Å². The molecule has 4 aromatic rings. The number of Topliss-reactive ketones (excluding diaryl/α,β-unsaturated/α-hetero) is 1. The van der Waals surface area contributed by atoms with Crippen LogP contribution in [0.25, 0.3) is 20.3 Å². The number of rotatable bonds is 4. The highest BCUT2D eigenvalue weighted by atomic mass is 32.1. The molecule has 140 valence electrons. The Morgan fingerprint density at radius 2 is 1.93 bits per heavy atom. The van der Waals surface area contributed by atoms with Crippen molar-refractivity contribution in [1.82, 2.24) is 9.55 Å². The van der Waals surface area contributed by atoms with Crippen LogP contribution in [0.5, 0.6) is 0 Å². The Bertz CT molecular complexity index is 1300. The molecule has 2 aromatic carbocycles. The Labute approximate surface area is 164 Å². The molecule has 0 spiro atoms. The number of fused-ring (bicyclic) bond motifs is 3. The van der Waals surface area contributed by atoms with Crippen molar-refractivity contribution in [3.63, 3.8) is 0 Å². The molecular formula is C21H17N3O3S. The Balaban J connectivity index is 1.67. The maximum atomic E-state index is 13.0. The summed E-state index contributed by atoms with van der Waals surface area (Å²) in [7, 11) is 0. The van der Waals surface area contributed by atoms with Crippen LogP contribution in [0.2, 0.25) is 0 Å². The number of benzene rings is 2. The lowest BCUT2D eigenvalue weighted by Gasteiger charge is -2.10. The van der Waals surface area contributed by atoms with Gasteiger partial charge in [0.05, 0.1) is 5.52 Å². The number of carbonyl (C=O) groups is 2. The number of carbonyl (C=O) groups excluding carboxylic acids is 2. The first kappa shape index (κ1) is 18.1. The summed E-state index contributed by atoms with van der Waals surface area (Å²) in [5, 5.41) is 3.68. The number of anilines is 1.